The maximum atomic E-state index is 5.62. The van der Waals surface area contributed by atoms with Gasteiger partial charge >= 0.3 is 0 Å². The highest BCUT2D eigenvalue weighted by Gasteiger charge is 2.08. The second-order valence-electron chi connectivity index (χ2n) is 4.57. The quantitative estimate of drug-likeness (QED) is 0.701. The predicted molar refractivity (Wildman–Crippen MR) is 76.4 cm³/mol. The van der Waals surface area contributed by atoms with Gasteiger partial charge in [0.2, 0.25) is 0 Å². The molecule has 90 valence electrons. The summed E-state index contributed by atoms with van der Waals surface area (Å²) in [7, 11) is 0. The molecular formula is C16H16N2. The van der Waals surface area contributed by atoms with E-state index in [9.17, 15) is 0 Å². The van der Waals surface area contributed by atoms with Gasteiger partial charge in [0.15, 0.2) is 0 Å². The normalized spacial score (nSPS) is 11.0. The molecule has 0 bridgehead atoms. The molecule has 0 saturated heterocycles. The molecule has 2 nitrogen and oxygen atoms in total. The third kappa shape index (κ3) is 1.71. The zero-order chi connectivity index (χ0) is 12.5. The highest BCUT2D eigenvalue weighted by Crippen LogP contribution is 2.29. The molecule has 0 unspecified atom stereocenters. The smallest absolute Gasteiger partial charge is 0.0494 e. The van der Waals surface area contributed by atoms with E-state index in [1.807, 2.05) is 0 Å². The topological polar surface area (TPSA) is 41.8 Å². The second-order valence-corrected chi connectivity index (χ2v) is 4.57. The predicted octanol–water partition coefficient (Wildman–Crippen LogP) is 3.60. The van der Waals surface area contributed by atoms with Gasteiger partial charge in [-0.15, -0.1) is 0 Å². The van der Waals surface area contributed by atoms with Crippen molar-refractivity contribution in [3.8, 4) is 11.3 Å². The molecule has 0 saturated carbocycles. The Bertz CT molecular complexity index is 678. The maximum absolute atomic E-state index is 5.62. The lowest BCUT2D eigenvalue weighted by atomic mass is 10.1. The fraction of sp³-hybridized carbons (Fsp3) is 0.125. The van der Waals surface area contributed by atoms with Gasteiger partial charge in [0.1, 0.15) is 0 Å². The Hall–Kier alpha value is -2.06. The number of nitrogens with two attached hydrogens (primary N) is 1. The molecule has 3 aromatic rings. The Morgan fingerprint density at radius 3 is 2.39 bits per heavy atom. The number of rotatable bonds is 2. The van der Waals surface area contributed by atoms with Crippen LogP contribution in [0, 0.1) is 6.92 Å². The average Bonchev–Trinajstić information content (AvgIpc) is 2.77. The molecule has 0 aliphatic carbocycles. The molecule has 0 aliphatic heterocycles. The summed E-state index contributed by atoms with van der Waals surface area (Å²) >= 11 is 0. The number of aryl methyl sites for hydroxylation is 1. The molecule has 2 heteroatoms. The van der Waals surface area contributed by atoms with Crippen LogP contribution in [0.3, 0.4) is 0 Å². The number of hydrogen-bond acceptors (Lipinski definition) is 1. The Morgan fingerprint density at radius 1 is 1.00 bits per heavy atom. The van der Waals surface area contributed by atoms with Gasteiger partial charge in [-0.1, -0.05) is 42.5 Å². The third-order valence-corrected chi connectivity index (χ3v) is 3.44. The van der Waals surface area contributed by atoms with Crippen LogP contribution >= 0.6 is 0 Å². The monoisotopic (exact) mass is 236 g/mol. The van der Waals surface area contributed by atoms with E-state index in [0.29, 0.717) is 6.54 Å². The molecule has 3 rings (SSSR count). The number of nitrogens with one attached hydrogen (secondary N) is 1. The number of benzene rings is 2. The molecule has 0 aliphatic rings. The van der Waals surface area contributed by atoms with Crippen molar-refractivity contribution in [2.24, 2.45) is 5.73 Å². The van der Waals surface area contributed by atoms with E-state index in [1.165, 1.54) is 27.7 Å². The molecule has 2 aromatic carbocycles. The first-order valence-electron chi connectivity index (χ1n) is 6.16. The molecule has 0 atom stereocenters. The van der Waals surface area contributed by atoms with Gasteiger partial charge in [-0.25, -0.2) is 0 Å². The van der Waals surface area contributed by atoms with Crippen molar-refractivity contribution >= 4 is 10.9 Å². The van der Waals surface area contributed by atoms with Crippen LogP contribution in [0.1, 0.15) is 11.1 Å². The van der Waals surface area contributed by atoms with E-state index >= 15 is 0 Å². The van der Waals surface area contributed by atoms with E-state index in [2.05, 4.69) is 60.4 Å². The highest BCUT2D eigenvalue weighted by atomic mass is 14.7. The Balaban J connectivity index is 2.15. The number of para-hydroxylation sites is 1. The lowest BCUT2D eigenvalue weighted by molar-refractivity contribution is 1.07. The van der Waals surface area contributed by atoms with Gasteiger partial charge in [-0.2, -0.15) is 0 Å². The van der Waals surface area contributed by atoms with Gasteiger partial charge < -0.3 is 10.7 Å². The molecule has 18 heavy (non-hydrogen) atoms. The van der Waals surface area contributed by atoms with Gasteiger partial charge in [0.05, 0.1) is 0 Å². The summed E-state index contributed by atoms with van der Waals surface area (Å²) in [5, 5.41) is 1.29. The van der Waals surface area contributed by atoms with Gasteiger partial charge in [-0.3, -0.25) is 0 Å². The summed E-state index contributed by atoms with van der Waals surface area (Å²) in [6.45, 7) is 2.75. The first kappa shape index (κ1) is 11.1. The van der Waals surface area contributed by atoms with Crippen molar-refractivity contribution in [1.82, 2.24) is 4.98 Å². The minimum absolute atomic E-state index is 0.589. The zero-order valence-electron chi connectivity index (χ0n) is 10.4. The Kier molecular flexibility index (Phi) is 2.65. The zero-order valence-corrected chi connectivity index (χ0v) is 10.4. The number of hydrogen-bond donors (Lipinski definition) is 2. The summed E-state index contributed by atoms with van der Waals surface area (Å²) in [5.74, 6) is 0. The van der Waals surface area contributed by atoms with Gasteiger partial charge in [-0.05, 0) is 29.7 Å². The number of aromatic amines is 1. The van der Waals surface area contributed by atoms with Gasteiger partial charge in [0, 0.05) is 23.1 Å². The minimum Gasteiger partial charge on any atom is -0.354 e. The van der Waals surface area contributed by atoms with E-state index < -0.39 is 0 Å². The van der Waals surface area contributed by atoms with Crippen LogP contribution in [0.5, 0.6) is 0 Å². The summed E-state index contributed by atoms with van der Waals surface area (Å²) in [4.78, 5) is 3.49. The Morgan fingerprint density at radius 2 is 1.72 bits per heavy atom. The molecular weight excluding hydrogens is 220 g/mol. The Labute approximate surface area is 106 Å². The molecule has 0 spiro atoms. The van der Waals surface area contributed by atoms with Crippen LogP contribution in [0.25, 0.3) is 22.2 Å². The average molecular weight is 236 g/mol. The lowest BCUT2D eigenvalue weighted by Crippen LogP contribution is -1.95. The fourth-order valence-electron chi connectivity index (χ4n) is 2.38. The van der Waals surface area contributed by atoms with Gasteiger partial charge in [0.25, 0.3) is 0 Å². The van der Waals surface area contributed by atoms with Crippen LogP contribution in [0.15, 0.2) is 48.5 Å². The fourth-order valence-corrected chi connectivity index (χ4v) is 2.38. The van der Waals surface area contributed by atoms with Crippen LogP contribution in [-0.2, 0) is 6.54 Å². The first-order valence-corrected chi connectivity index (χ1v) is 6.16. The summed E-state index contributed by atoms with van der Waals surface area (Å²) in [6, 6.07) is 16.8. The minimum atomic E-state index is 0.589. The second kappa shape index (κ2) is 4.31. The van der Waals surface area contributed by atoms with E-state index in [0.717, 1.165) is 5.56 Å². The number of fused-ring (bicyclic) bond motifs is 1. The first-order chi connectivity index (χ1) is 8.79. The summed E-state index contributed by atoms with van der Waals surface area (Å²) < 4.78 is 0. The summed E-state index contributed by atoms with van der Waals surface area (Å²) in [6.07, 6.45) is 0. The van der Waals surface area contributed by atoms with Crippen molar-refractivity contribution in [3.05, 3.63) is 59.7 Å². The molecule has 0 fully saturated rings. The molecule has 0 radical (unpaired) electrons. The van der Waals surface area contributed by atoms with Crippen molar-refractivity contribution in [3.63, 3.8) is 0 Å². The van der Waals surface area contributed by atoms with Crippen LogP contribution in [0.4, 0.5) is 0 Å². The third-order valence-electron chi connectivity index (χ3n) is 3.44. The van der Waals surface area contributed by atoms with Crippen molar-refractivity contribution in [1.29, 1.82) is 0 Å². The van der Waals surface area contributed by atoms with E-state index in [4.69, 9.17) is 5.73 Å². The SMILES string of the molecule is Cc1c(-c2ccc(CN)cc2)[nH]c2ccccc12. The lowest BCUT2D eigenvalue weighted by Gasteiger charge is -2.02. The molecule has 3 N–H and O–H groups in total. The van der Waals surface area contributed by atoms with E-state index in [1.54, 1.807) is 0 Å². The number of H-pyrrole nitrogens is 1. The maximum Gasteiger partial charge on any atom is 0.0494 e. The number of aromatic nitrogens is 1. The highest BCUT2D eigenvalue weighted by molar-refractivity contribution is 5.90. The standard InChI is InChI=1S/C16H16N2/c1-11-14-4-2-3-5-15(14)18-16(11)13-8-6-12(10-17)7-9-13/h2-9,18H,10,17H2,1H3. The van der Waals surface area contributed by atoms with Crippen molar-refractivity contribution < 1.29 is 0 Å². The molecule has 1 aromatic heterocycles. The largest absolute Gasteiger partial charge is 0.354 e. The molecule has 1 heterocycles. The van der Waals surface area contributed by atoms with Crippen molar-refractivity contribution in [2.75, 3.05) is 0 Å². The van der Waals surface area contributed by atoms with Crippen LogP contribution in [-0.4, -0.2) is 4.98 Å². The summed E-state index contributed by atoms with van der Waals surface area (Å²) in [5.41, 5.74) is 11.7. The van der Waals surface area contributed by atoms with Crippen LogP contribution in [0.2, 0.25) is 0 Å². The van der Waals surface area contributed by atoms with Crippen molar-refractivity contribution in [2.45, 2.75) is 13.5 Å². The van der Waals surface area contributed by atoms with Crippen LogP contribution < -0.4 is 5.73 Å². The van der Waals surface area contributed by atoms with E-state index in [-0.39, 0.29) is 0 Å². The molecule has 0 amide bonds.